The molecule has 0 saturated carbocycles. The average Bonchev–Trinajstić information content (AvgIpc) is 3.09. The van der Waals surface area contributed by atoms with E-state index in [9.17, 15) is 14.4 Å². The molecule has 2 aliphatic rings. The molecule has 2 saturated heterocycles. The van der Waals surface area contributed by atoms with Crippen LogP contribution in [0.25, 0.3) is 0 Å². The number of likely N-dealkylation sites (tertiary alicyclic amines) is 1. The zero-order valence-corrected chi connectivity index (χ0v) is 18.9. The maximum absolute atomic E-state index is 13.7. The van der Waals surface area contributed by atoms with Crippen molar-refractivity contribution < 1.29 is 23.9 Å². The van der Waals surface area contributed by atoms with Gasteiger partial charge in [0.25, 0.3) is 5.91 Å². The lowest BCUT2D eigenvalue weighted by atomic mass is 9.85. The number of nitrogens with zero attached hydrogens (tertiary/aromatic N) is 1. The predicted molar refractivity (Wildman–Crippen MR) is 122 cm³/mol. The number of para-hydroxylation sites is 1. The molecule has 0 bridgehead atoms. The highest BCUT2D eigenvalue weighted by Gasteiger charge is 2.60. The van der Waals surface area contributed by atoms with E-state index in [0.29, 0.717) is 18.7 Å². The average molecular weight is 451 g/mol. The van der Waals surface area contributed by atoms with Crippen molar-refractivity contribution >= 4 is 17.8 Å². The standard InChI is InChI=1S/C26H30N2O5/c1-2-32-24(30)21-17-26(15-9-10-16-27-25(26)31)28(23(21)19-11-5-3-6-12-19)22(29)18-33-20-13-7-4-8-14-20/h3-8,11-14,21,23H,2,9-10,15-18H2,1H3,(H,27,31)/t21-,23-,26-/m0/s1. The van der Waals surface area contributed by atoms with Gasteiger partial charge in [0.2, 0.25) is 5.91 Å². The van der Waals surface area contributed by atoms with Crippen LogP contribution in [-0.2, 0) is 19.1 Å². The fraction of sp³-hybridized carbons (Fsp3) is 0.423. The minimum atomic E-state index is -1.12. The summed E-state index contributed by atoms with van der Waals surface area (Å²) in [4.78, 5) is 41.9. The number of amides is 2. The molecule has 174 valence electrons. The molecule has 2 aliphatic heterocycles. The van der Waals surface area contributed by atoms with Crippen molar-refractivity contribution in [1.29, 1.82) is 0 Å². The number of nitrogens with one attached hydrogen (secondary N) is 1. The smallest absolute Gasteiger partial charge is 0.311 e. The van der Waals surface area contributed by atoms with Gasteiger partial charge in [-0.3, -0.25) is 14.4 Å². The van der Waals surface area contributed by atoms with E-state index in [1.54, 1.807) is 24.0 Å². The van der Waals surface area contributed by atoms with E-state index in [0.717, 1.165) is 18.4 Å². The highest BCUT2D eigenvalue weighted by molar-refractivity contribution is 5.95. The zero-order valence-electron chi connectivity index (χ0n) is 18.9. The monoisotopic (exact) mass is 450 g/mol. The summed E-state index contributed by atoms with van der Waals surface area (Å²) in [5.41, 5.74) is -0.316. The molecule has 2 fully saturated rings. The summed E-state index contributed by atoms with van der Waals surface area (Å²) < 4.78 is 11.2. The number of esters is 1. The van der Waals surface area contributed by atoms with Crippen LogP contribution in [0.5, 0.6) is 5.75 Å². The van der Waals surface area contributed by atoms with E-state index >= 15 is 0 Å². The first-order valence-electron chi connectivity index (χ1n) is 11.6. The van der Waals surface area contributed by atoms with Crippen LogP contribution in [0.1, 0.15) is 44.2 Å². The molecule has 0 aromatic heterocycles. The van der Waals surface area contributed by atoms with Gasteiger partial charge in [-0.15, -0.1) is 0 Å². The minimum absolute atomic E-state index is 0.208. The van der Waals surface area contributed by atoms with Crippen molar-refractivity contribution in [1.82, 2.24) is 10.2 Å². The third-order valence-corrected chi connectivity index (χ3v) is 6.51. The number of ether oxygens (including phenoxy) is 2. The molecule has 4 rings (SSSR count). The molecular formula is C26H30N2O5. The molecule has 0 unspecified atom stereocenters. The van der Waals surface area contributed by atoms with Crippen LogP contribution in [0.3, 0.4) is 0 Å². The lowest BCUT2D eigenvalue weighted by Crippen LogP contribution is -2.57. The fourth-order valence-electron chi connectivity index (χ4n) is 5.09. The zero-order chi connectivity index (χ0) is 23.3. The molecule has 0 radical (unpaired) electrons. The Hall–Kier alpha value is -3.35. The fourth-order valence-corrected chi connectivity index (χ4v) is 5.09. The lowest BCUT2D eigenvalue weighted by Gasteiger charge is -2.39. The van der Waals surface area contributed by atoms with Crippen molar-refractivity contribution in [3.05, 3.63) is 66.2 Å². The van der Waals surface area contributed by atoms with Crippen molar-refractivity contribution in [2.45, 2.75) is 44.2 Å². The first kappa shape index (κ1) is 22.8. The molecule has 7 heteroatoms. The van der Waals surface area contributed by atoms with Gasteiger partial charge in [-0.2, -0.15) is 0 Å². The summed E-state index contributed by atoms with van der Waals surface area (Å²) in [5.74, 6) is -0.987. The largest absolute Gasteiger partial charge is 0.484 e. The van der Waals surface area contributed by atoms with E-state index < -0.39 is 17.5 Å². The number of hydrogen-bond acceptors (Lipinski definition) is 5. The normalized spacial score (nSPS) is 24.8. The first-order chi connectivity index (χ1) is 16.1. The van der Waals surface area contributed by atoms with Gasteiger partial charge in [0.1, 0.15) is 11.3 Å². The maximum atomic E-state index is 13.7. The molecule has 3 atom stereocenters. The second-order valence-corrected chi connectivity index (χ2v) is 8.53. The third kappa shape index (κ3) is 4.58. The highest BCUT2D eigenvalue weighted by Crippen LogP contribution is 2.50. The summed E-state index contributed by atoms with van der Waals surface area (Å²) in [6.45, 7) is 2.33. The van der Waals surface area contributed by atoms with E-state index in [1.807, 2.05) is 48.5 Å². The quantitative estimate of drug-likeness (QED) is 0.683. The Balaban J connectivity index is 1.75. The van der Waals surface area contributed by atoms with Gasteiger partial charge in [0.15, 0.2) is 6.61 Å². The molecule has 2 aromatic carbocycles. The Morgan fingerprint density at radius 1 is 1.06 bits per heavy atom. The van der Waals surface area contributed by atoms with Crippen LogP contribution < -0.4 is 10.1 Å². The van der Waals surface area contributed by atoms with Gasteiger partial charge < -0.3 is 19.7 Å². The minimum Gasteiger partial charge on any atom is -0.484 e. The maximum Gasteiger partial charge on any atom is 0.311 e. The lowest BCUT2D eigenvalue weighted by molar-refractivity contribution is -0.151. The predicted octanol–water partition coefficient (Wildman–Crippen LogP) is 3.26. The van der Waals surface area contributed by atoms with Crippen LogP contribution >= 0.6 is 0 Å². The SMILES string of the molecule is CCOC(=O)[C@H]1C[C@]2(CCCCNC2=O)N(C(=O)COc2ccccc2)[C@H]1c1ccccc1. The van der Waals surface area contributed by atoms with Crippen molar-refractivity contribution in [3.63, 3.8) is 0 Å². The summed E-state index contributed by atoms with van der Waals surface area (Å²) in [6, 6.07) is 17.9. The number of hydrogen-bond donors (Lipinski definition) is 1. The molecular weight excluding hydrogens is 420 g/mol. The van der Waals surface area contributed by atoms with Gasteiger partial charge in [-0.25, -0.2) is 0 Å². The van der Waals surface area contributed by atoms with Crippen molar-refractivity contribution in [3.8, 4) is 5.75 Å². The second kappa shape index (κ2) is 10.1. The third-order valence-electron chi connectivity index (χ3n) is 6.51. The Morgan fingerprint density at radius 2 is 1.76 bits per heavy atom. The molecule has 0 aliphatic carbocycles. The number of rotatable bonds is 6. The van der Waals surface area contributed by atoms with Gasteiger partial charge in [-0.05, 0) is 50.3 Å². The van der Waals surface area contributed by atoms with Crippen LogP contribution in [0, 0.1) is 5.92 Å². The molecule has 33 heavy (non-hydrogen) atoms. The number of carbonyl (C=O) groups excluding carboxylic acids is 3. The van der Waals surface area contributed by atoms with Crippen molar-refractivity contribution in [2.75, 3.05) is 19.8 Å². The summed E-state index contributed by atoms with van der Waals surface area (Å²) >= 11 is 0. The molecule has 1 spiro atoms. The molecule has 7 nitrogen and oxygen atoms in total. The van der Waals surface area contributed by atoms with Crippen LogP contribution in [0.15, 0.2) is 60.7 Å². The summed E-state index contributed by atoms with van der Waals surface area (Å²) in [6.07, 6.45) is 2.33. The highest BCUT2D eigenvalue weighted by atomic mass is 16.5. The van der Waals surface area contributed by atoms with Gasteiger partial charge in [0.05, 0.1) is 18.6 Å². The van der Waals surface area contributed by atoms with Crippen LogP contribution in [-0.4, -0.2) is 48.0 Å². The molecule has 2 heterocycles. The number of carbonyl (C=O) groups is 3. The Morgan fingerprint density at radius 3 is 2.45 bits per heavy atom. The second-order valence-electron chi connectivity index (χ2n) is 8.53. The van der Waals surface area contributed by atoms with E-state index in [-0.39, 0.29) is 37.4 Å². The molecule has 2 aromatic rings. The Labute approximate surface area is 194 Å². The topological polar surface area (TPSA) is 84.9 Å². The number of benzene rings is 2. The molecule has 1 N–H and O–H groups in total. The summed E-state index contributed by atoms with van der Waals surface area (Å²) in [5, 5.41) is 2.97. The van der Waals surface area contributed by atoms with Crippen LogP contribution in [0.4, 0.5) is 0 Å². The van der Waals surface area contributed by atoms with Gasteiger partial charge >= 0.3 is 5.97 Å². The van der Waals surface area contributed by atoms with E-state index in [2.05, 4.69) is 5.32 Å². The molecule has 2 amide bonds. The van der Waals surface area contributed by atoms with E-state index in [4.69, 9.17) is 9.47 Å². The Bertz CT molecular complexity index is 981. The van der Waals surface area contributed by atoms with E-state index in [1.165, 1.54) is 0 Å². The van der Waals surface area contributed by atoms with Gasteiger partial charge in [0, 0.05) is 6.54 Å². The van der Waals surface area contributed by atoms with Crippen LogP contribution in [0.2, 0.25) is 0 Å². The first-order valence-corrected chi connectivity index (χ1v) is 11.6. The Kier molecular flexibility index (Phi) is 6.96. The van der Waals surface area contributed by atoms with Crippen molar-refractivity contribution in [2.24, 2.45) is 5.92 Å². The van der Waals surface area contributed by atoms with Gasteiger partial charge in [-0.1, -0.05) is 48.5 Å². The summed E-state index contributed by atoms with van der Waals surface area (Å²) in [7, 11) is 0.